The third kappa shape index (κ3) is 5.02. The molecule has 0 amide bonds. The van der Waals surface area contributed by atoms with E-state index in [0.717, 1.165) is 10.7 Å². The first-order chi connectivity index (χ1) is 9.31. The van der Waals surface area contributed by atoms with Crippen LogP contribution in [0.25, 0.3) is 16.3 Å². The molecule has 2 heterocycles. The third-order valence-corrected chi connectivity index (χ3v) is 2.70. The summed E-state index contributed by atoms with van der Waals surface area (Å²) in [5.41, 5.74) is 1.83. The van der Waals surface area contributed by atoms with Crippen molar-refractivity contribution in [2.24, 2.45) is 0 Å². The van der Waals surface area contributed by atoms with Gasteiger partial charge in [-0.3, -0.25) is 4.98 Å². The van der Waals surface area contributed by atoms with Crippen LogP contribution >= 0.6 is 11.3 Å². The van der Waals surface area contributed by atoms with E-state index in [1.165, 1.54) is 11.3 Å². The van der Waals surface area contributed by atoms with Crippen LogP contribution in [0.2, 0.25) is 0 Å². The van der Waals surface area contributed by atoms with E-state index in [1.807, 2.05) is 57.3 Å². The molecule has 0 atom stereocenters. The smallest absolute Gasteiger partial charge is 0.142 e. The topological polar surface area (TPSA) is 49.6 Å². The lowest BCUT2D eigenvalue weighted by atomic mass is 10.3. The van der Waals surface area contributed by atoms with Crippen LogP contribution in [-0.4, -0.2) is 9.97 Å². The van der Waals surface area contributed by atoms with Crippen molar-refractivity contribution in [2.75, 3.05) is 0 Å². The van der Waals surface area contributed by atoms with Crippen molar-refractivity contribution >= 4 is 16.9 Å². The van der Waals surface area contributed by atoms with Crippen LogP contribution in [0.15, 0.2) is 36.4 Å². The molecule has 0 unspecified atom stereocenters. The molecule has 2 aromatic rings. The van der Waals surface area contributed by atoms with Crippen molar-refractivity contribution in [1.82, 2.24) is 9.97 Å². The van der Waals surface area contributed by atoms with Crippen LogP contribution in [0.5, 0.6) is 0 Å². The Morgan fingerprint density at radius 2 is 1.95 bits per heavy atom. The van der Waals surface area contributed by atoms with Crippen LogP contribution in [0.4, 0.5) is 0 Å². The van der Waals surface area contributed by atoms with Crippen LogP contribution in [0, 0.1) is 11.3 Å². The van der Waals surface area contributed by atoms with Gasteiger partial charge in [-0.15, -0.1) is 11.3 Å². The average Bonchev–Trinajstić information content (AvgIpc) is 3.01. The molecule has 0 saturated carbocycles. The number of nitriles is 1. The Hall–Kier alpha value is -1.99. The lowest BCUT2D eigenvalue weighted by molar-refractivity contribution is 1.28. The Bertz CT molecular complexity index is 524. The van der Waals surface area contributed by atoms with Crippen LogP contribution in [0.3, 0.4) is 0 Å². The molecule has 100 valence electrons. The van der Waals surface area contributed by atoms with Crippen LogP contribution in [-0.2, 0) is 0 Å². The minimum Gasteiger partial charge on any atom is -0.254 e. The molecule has 0 bridgehead atoms. The average molecular weight is 273 g/mol. The zero-order valence-corrected chi connectivity index (χ0v) is 12.7. The summed E-state index contributed by atoms with van der Waals surface area (Å²) in [5, 5.41) is 11.3. The summed E-state index contributed by atoms with van der Waals surface area (Å²) in [6.45, 7) is 11.6. The fourth-order valence-electron chi connectivity index (χ4n) is 1.08. The van der Waals surface area contributed by atoms with Gasteiger partial charge in [-0.1, -0.05) is 40.3 Å². The molecule has 4 heteroatoms. The van der Waals surface area contributed by atoms with Gasteiger partial charge in [-0.25, -0.2) is 4.98 Å². The van der Waals surface area contributed by atoms with E-state index in [1.54, 1.807) is 6.20 Å². The molecule has 3 nitrogen and oxygen atoms in total. The van der Waals surface area contributed by atoms with Crippen molar-refractivity contribution in [3.05, 3.63) is 42.0 Å². The molecular formula is C15H19N3S. The molecule has 0 fully saturated rings. The molecule has 2 rings (SSSR count). The number of hydrogen-bond donors (Lipinski definition) is 0. The van der Waals surface area contributed by atoms with Crippen molar-refractivity contribution < 1.29 is 0 Å². The Morgan fingerprint density at radius 1 is 1.26 bits per heavy atom. The van der Waals surface area contributed by atoms with Gasteiger partial charge in [0.1, 0.15) is 11.1 Å². The largest absolute Gasteiger partial charge is 0.254 e. The maximum atomic E-state index is 8.67. The van der Waals surface area contributed by atoms with E-state index >= 15 is 0 Å². The molecule has 19 heavy (non-hydrogen) atoms. The summed E-state index contributed by atoms with van der Waals surface area (Å²) in [5.74, 6) is 0. The molecule has 0 saturated heterocycles. The van der Waals surface area contributed by atoms with Gasteiger partial charge in [0.15, 0.2) is 0 Å². The molecule has 0 aliphatic heterocycles. The minimum absolute atomic E-state index is 0.383. The maximum absolute atomic E-state index is 8.67. The first-order valence-corrected chi connectivity index (χ1v) is 7.15. The van der Waals surface area contributed by atoms with Gasteiger partial charge < -0.3 is 0 Å². The van der Waals surface area contributed by atoms with Gasteiger partial charge in [-0.2, -0.15) is 5.26 Å². The van der Waals surface area contributed by atoms with E-state index in [9.17, 15) is 0 Å². The summed E-state index contributed by atoms with van der Waals surface area (Å²) in [6, 6.07) is 7.62. The van der Waals surface area contributed by atoms with Crippen molar-refractivity contribution in [3.63, 3.8) is 0 Å². The molecular weight excluding hydrogens is 254 g/mol. The number of hydrogen-bond acceptors (Lipinski definition) is 4. The summed E-state index contributed by atoms with van der Waals surface area (Å²) >= 11 is 1.46. The molecule has 2 aromatic heterocycles. The van der Waals surface area contributed by atoms with Crippen LogP contribution < -0.4 is 0 Å². The van der Waals surface area contributed by atoms with Crippen molar-refractivity contribution in [2.45, 2.75) is 27.7 Å². The summed E-state index contributed by atoms with van der Waals surface area (Å²) in [4.78, 5) is 8.47. The van der Waals surface area contributed by atoms with E-state index in [4.69, 9.17) is 5.26 Å². The monoisotopic (exact) mass is 273 g/mol. The fraction of sp³-hybridized carbons (Fsp3) is 0.267. The minimum atomic E-state index is 0.383. The highest BCUT2D eigenvalue weighted by molar-refractivity contribution is 7.13. The normalized spacial score (nSPS) is 8.16. The van der Waals surface area contributed by atoms with Gasteiger partial charge in [-0.05, 0) is 12.1 Å². The zero-order valence-electron chi connectivity index (χ0n) is 11.8. The van der Waals surface area contributed by atoms with Crippen LogP contribution in [0.1, 0.15) is 33.4 Å². The van der Waals surface area contributed by atoms with E-state index in [-0.39, 0.29) is 0 Å². The summed E-state index contributed by atoms with van der Waals surface area (Å²) < 4.78 is 0. The number of thiazole rings is 1. The molecule has 0 spiro atoms. The first kappa shape index (κ1) is 17.0. The van der Waals surface area contributed by atoms with Gasteiger partial charge in [0.2, 0.25) is 0 Å². The Balaban J connectivity index is 0.000000741. The van der Waals surface area contributed by atoms with Gasteiger partial charge in [0.05, 0.1) is 17.0 Å². The van der Waals surface area contributed by atoms with E-state index < -0.39 is 0 Å². The quantitative estimate of drug-likeness (QED) is 0.739. The highest BCUT2D eigenvalue weighted by atomic mass is 32.1. The molecule has 0 aliphatic rings. The predicted molar refractivity (Wildman–Crippen MR) is 82.7 cm³/mol. The zero-order chi connectivity index (χ0) is 14.7. The van der Waals surface area contributed by atoms with Gasteiger partial charge >= 0.3 is 0 Å². The predicted octanol–water partition coefficient (Wildman–Crippen LogP) is 4.79. The Labute approximate surface area is 119 Å². The molecule has 0 aliphatic carbocycles. The second-order valence-corrected chi connectivity index (χ2v) is 3.70. The standard InChI is InChI=1S/C11H7N3S.2C2H6/c1-8(6-12)10-7-15-11(14-10)9-4-2-3-5-13-9;2*1-2/h2-5,7H,1H2;2*1-2H3. The lowest BCUT2D eigenvalue weighted by Gasteiger charge is -1.92. The second kappa shape index (κ2) is 9.98. The van der Waals surface area contributed by atoms with Gasteiger partial charge in [0, 0.05) is 11.6 Å². The molecule has 0 N–H and O–H groups in total. The molecule has 0 aromatic carbocycles. The highest BCUT2D eigenvalue weighted by Crippen LogP contribution is 2.23. The summed E-state index contributed by atoms with van der Waals surface area (Å²) in [6.07, 6.45) is 1.72. The second-order valence-electron chi connectivity index (χ2n) is 2.84. The molecule has 0 radical (unpaired) electrons. The summed E-state index contributed by atoms with van der Waals surface area (Å²) in [7, 11) is 0. The number of rotatable bonds is 2. The number of nitrogens with zero attached hydrogens (tertiary/aromatic N) is 3. The maximum Gasteiger partial charge on any atom is 0.142 e. The number of pyridine rings is 1. The first-order valence-electron chi connectivity index (χ1n) is 6.27. The van der Waals surface area contributed by atoms with Crippen molar-refractivity contribution in [3.8, 4) is 16.8 Å². The van der Waals surface area contributed by atoms with E-state index in [2.05, 4.69) is 16.5 Å². The van der Waals surface area contributed by atoms with E-state index in [0.29, 0.717) is 11.3 Å². The Morgan fingerprint density at radius 3 is 2.47 bits per heavy atom. The number of allylic oxidation sites excluding steroid dienone is 1. The number of aromatic nitrogens is 2. The van der Waals surface area contributed by atoms with Crippen molar-refractivity contribution in [1.29, 1.82) is 5.26 Å². The Kier molecular flexibility index (Phi) is 8.94. The highest BCUT2D eigenvalue weighted by Gasteiger charge is 2.06. The van der Waals surface area contributed by atoms with Gasteiger partial charge in [0.25, 0.3) is 0 Å². The lowest BCUT2D eigenvalue weighted by Crippen LogP contribution is -1.82. The SMILES string of the molecule is C=C(C#N)c1csc(-c2ccccn2)n1.CC.CC. The fourth-order valence-corrected chi connectivity index (χ4v) is 1.89. The third-order valence-electron chi connectivity index (χ3n) is 1.83.